The molecule has 2 rings (SSSR count). The summed E-state index contributed by atoms with van der Waals surface area (Å²) in [4.78, 5) is 20.7. The largest absolute Gasteiger partial charge is 0.493 e. The van der Waals surface area contributed by atoms with Crippen LogP contribution in [0, 0.1) is 6.92 Å². The SMILES string of the molecule is COc1ccc(CNC(=O)[C@H](C)Sc2nc(C)cc(N)n2)cc1OC. The number of amides is 1. The summed E-state index contributed by atoms with van der Waals surface area (Å²) in [6.45, 7) is 4.03. The predicted octanol–water partition coefficient (Wildman–Crippen LogP) is 2.18. The van der Waals surface area contributed by atoms with Gasteiger partial charge in [-0.2, -0.15) is 0 Å². The number of nitrogens with two attached hydrogens (primary N) is 1. The molecule has 2 aromatic rings. The standard InChI is InChI=1S/C17H22N4O3S/c1-10-7-15(18)21-17(20-10)25-11(2)16(22)19-9-12-5-6-13(23-3)14(8-12)24-4/h5-8,11H,9H2,1-4H3,(H,19,22)(H2,18,20,21)/t11-/m0/s1. The Bertz CT molecular complexity index is 734. The van der Waals surface area contributed by atoms with Gasteiger partial charge in [-0.1, -0.05) is 17.8 Å². The molecule has 25 heavy (non-hydrogen) atoms. The first-order valence-corrected chi connectivity index (χ1v) is 8.57. The molecule has 0 saturated heterocycles. The van der Waals surface area contributed by atoms with Crippen LogP contribution in [0.2, 0.25) is 0 Å². The van der Waals surface area contributed by atoms with Crippen molar-refractivity contribution in [1.29, 1.82) is 0 Å². The zero-order valence-corrected chi connectivity index (χ0v) is 15.5. The Hall–Kier alpha value is -2.48. The van der Waals surface area contributed by atoms with Crippen molar-refractivity contribution in [3.05, 3.63) is 35.5 Å². The van der Waals surface area contributed by atoms with E-state index in [4.69, 9.17) is 15.2 Å². The van der Waals surface area contributed by atoms with Gasteiger partial charge in [-0.3, -0.25) is 4.79 Å². The molecule has 0 aliphatic carbocycles. The number of carbonyl (C=O) groups is 1. The number of hydrogen-bond acceptors (Lipinski definition) is 7. The Kier molecular flexibility index (Phi) is 6.46. The van der Waals surface area contributed by atoms with Crippen molar-refractivity contribution in [2.24, 2.45) is 0 Å². The Morgan fingerprint density at radius 3 is 2.60 bits per heavy atom. The number of nitrogens with zero attached hydrogens (tertiary/aromatic N) is 2. The smallest absolute Gasteiger partial charge is 0.233 e. The lowest BCUT2D eigenvalue weighted by Crippen LogP contribution is -2.30. The van der Waals surface area contributed by atoms with Crippen molar-refractivity contribution in [3.63, 3.8) is 0 Å². The highest BCUT2D eigenvalue weighted by atomic mass is 32.2. The van der Waals surface area contributed by atoms with Crippen LogP contribution in [0.1, 0.15) is 18.2 Å². The summed E-state index contributed by atoms with van der Waals surface area (Å²) in [7, 11) is 3.16. The molecule has 134 valence electrons. The van der Waals surface area contributed by atoms with E-state index < -0.39 is 0 Å². The monoisotopic (exact) mass is 362 g/mol. The minimum atomic E-state index is -0.346. The summed E-state index contributed by atoms with van der Waals surface area (Å²) >= 11 is 1.27. The van der Waals surface area contributed by atoms with E-state index in [0.29, 0.717) is 29.0 Å². The molecule has 0 spiro atoms. The average molecular weight is 362 g/mol. The second-order valence-corrected chi connectivity index (χ2v) is 6.69. The first-order chi connectivity index (χ1) is 11.9. The normalized spacial score (nSPS) is 11.7. The summed E-state index contributed by atoms with van der Waals surface area (Å²) in [6.07, 6.45) is 0. The maximum Gasteiger partial charge on any atom is 0.233 e. The van der Waals surface area contributed by atoms with Gasteiger partial charge in [0.25, 0.3) is 0 Å². The second kappa shape index (κ2) is 8.57. The third kappa shape index (κ3) is 5.25. The van der Waals surface area contributed by atoms with Crippen molar-refractivity contribution in [3.8, 4) is 11.5 Å². The number of methoxy groups -OCH3 is 2. The Labute approximate surface area is 151 Å². The number of nitrogens with one attached hydrogen (secondary N) is 1. The fourth-order valence-electron chi connectivity index (χ4n) is 2.15. The van der Waals surface area contributed by atoms with E-state index in [1.54, 1.807) is 27.2 Å². The molecule has 1 aromatic heterocycles. The van der Waals surface area contributed by atoms with E-state index in [1.807, 2.05) is 25.1 Å². The van der Waals surface area contributed by atoms with Crippen LogP contribution in [-0.2, 0) is 11.3 Å². The minimum absolute atomic E-state index is 0.108. The Morgan fingerprint density at radius 2 is 1.96 bits per heavy atom. The van der Waals surface area contributed by atoms with E-state index in [0.717, 1.165) is 11.3 Å². The summed E-state index contributed by atoms with van der Waals surface area (Å²) in [6, 6.07) is 7.21. The van der Waals surface area contributed by atoms with Gasteiger partial charge in [0, 0.05) is 18.3 Å². The maximum atomic E-state index is 12.3. The van der Waals surface area contributed by atoms with Crippen LogP contribution >= 0.6 is 11.8 Å². The molecule has 1 atom stereocenters. The molecule has 1 aromatic carbocycles. The number of thioether (sulfide) groups is 1. The first kappa shape index (κ1) is 18.9. The quantitative estimate of drug-likeness (QED) is 0.575. The van der Waals surface area contributed by atoms with Gasteiger partial charge in [-0.05, 0) is 31.5 Å². The van der Waals surface area contributed by atoms with Crippen molar-refractivity contribution >= 4 is 23.5 Å². The number of anilines is 1. The van der Waals surface area contributed by atoms with Crippen molar-refractivity contribution in [2.75, 3.05) is 20.0 Å². The third-order valence-corrected chi connectivity index (χ3v) is 4.38. The zero-order chi connectivity index (χ0) is 18.4. The highest BCUT2D eigenvalue weighted by Gasteiger charge is 2.16. The molecule has 0 unspecified atom stereocenters. The van der Waals surface area contributed by atoms with Crippen LogP contribution in [0.15, 0.2) is 29.4 Å². The second-order valence-electron chi connectivity index (χ2n) is 5.38. The molecule has 0 fully saturated rings. The maximum absolute atomic E-state index is 12.3. The first-order valence-electron chi connectivity index (χ1n) is 7.69. The third-order valence-electron chi connectivity index (χ3n) is 3.42. The molecule has 7 nitrogen and oxygen atoms in total. The highest BCUT2D eigenvalue weighted by Crippen LogP contribution is 2.27. The highest BCUT2D eigenvalue weighted by molar-refractivity contribution is 8.00. The number of nitrogen functional groups attached to an aromatic ring is 1. The van der Waals surface area contributed by atoms with Gasteiger partial charge in [-0.15, -0.1) is 0 Å². The van der Waals surface area contributed by atoms with Gasteiger partial charge < -0.3 is 20.5 Å². The average Bonchev–Trinajstić information content (AvgIpc) is 2.58. The number of carbonyl (C=O) groups excluding carboxylic acids is 1. The van der Waals surface area contributed by atoms with Crippen molar-refractivity contribution < 1.29 is 14.3 Å². The molecule has 1 heterocycles. The summed E-state index contributed by atoms with van der Waals surface area (Å²) in [5.41, 5.74) is 7.40. The molecule has 1 amide bonds. The fraction of sp³-hybridized carbons (Fsp3) is 0.353. The lowest BCUT2D eigenvalue weighted by Gasteiger charge is -2.13. The number of benzene rings is 1. The predicted molar refractivity (Wildman–Crippen MR) is 97.9 cm³/mol. The van der Waals surface area contributed by atoms with Crippen LogP contribution in [-0.4, -0.2) is 35.3 Å². The van der Waals surface area contributed by atoms with Crippen molar-refractivity contribution in [1.82, 2.24) is 15.3 Å². The summed E-state index contributed by atoms with van der Waals surface area (Å²) in [5.74, 6) is 1.56. The van der Waals surface area contributed by atoms with Gasteiger partial charge in [-0.25, -0.2) is 9.97 Å². The number of aryl methyl sites for hydroxylation is 1. The van der Waals surface area contributed by atoms with Gasteiger partial charge in [0.15, 0.2) is 16.7 Å². The zero-order valence-electron chi connectivity index (χ0n) is 14.7. The minimum Gasteiger partial charge on any atom is -0.493 e. The van der Waals surface area contributed by atoms with Crippen LogP contribution in [0.5, 0.6) is 11.5 Å². The number of ether oxygens (including phenoxy) is 2. The Balaban J connectivity index is 1.95. The fourth-order valence-corrected chi connectivity index (χ4v) is 3.01. The topological polar surface area (TPSA) is 99.4 Å². The number of hydrogen-bond donors (Lipinski definition) is 2. The molecular weight excluding hydrogens is 340 g/mol. The van der Waals surface area contributed by atoms with Gasteiger partial charge in [0.1, 0.15) is 5.82 Å². The van der Waals surface area contributed by atoms with E-state index in [1.165, 1.54) is 11.8 Å². The van der Waals surface area contributed by atoms with Crippen LogP contribution in [0.25, 0.3) is 0 Å². The molecule has 0 radical (unpaired) electrons. The lowest BCUT2D eigenvalue weighted by atomic mass is 10.2. The van der Waals surface area contributed by atoms with Crippen LogP contribution in [0.3, 0.4) is 0 Å². The molecule has 8 heteroatoms. The van der Waals surface area contributed by atoms with E-state index in [9.17, 15) is 4.79 Å². The molecular formula is C17H22N4O3S. The van der Waals surface area contributed by atoms with E-state index in [-0.39, 0.29) is 11.2 Å². The molecule has 0 aliphatic heterocycles. The Morgan fingerprint density at radius 1 is 1.24 bits per heavy atom. The van der Waals surface area contributed by atoms with E-state index in [2.05, 4.69) is 15.3 Å². The molecule has 0 saturated carbocycles. The lowest BCUT2D eigenvalue weighted by molar-refractivity contribution is -0.120. The van der Waals surface area contributed by atoms with Crippen LogP contribution < -0.4 is 20.5 Å². The molecule has 0 bridgehead atoms. The van der Waals surface area contributed by atoms with Gasteiger partial charge in [0.05, 0.1) is 19.5 Å². The van der Waals surface area contributed by atoms with Crippen molar-refractivity contribution in [2.45, 2.75) is 30.8 Å². The number of rotatable bonds is 7. The van der Waals surface area contributed by atoms with Gasteiger partial charge >= 0.3 is 0 Å². The van der Waals surface area contributed by atoms with Gasteiger partial charge in [0.2, 0.25) is 5.91 Å². The summed E-state index contributed by atoms with van der Waals surface area (Å²) < 4.78 is 10.5. The molecule has 3 N–H and O–H groups in total. The number of aromatic nitrogens is 2. The summed E-state index contributed by atoms with van der Waals surface area (Å²) in [5, 5.41) is 3.04. The van der Waals surface area contributed by atoms with E-state index >= 15 is 0 Å². The van der Waals surface area contributed by atoms with Crippen LogP contribution in [0.4, 0.5) is 5.82 Å². The molecule has 0 aliphatic rings.